The van der Waals surface area contributed by atoms with E-state index in [2.05, 4.69) is 21.8 Å². The third-order valence-corrected chi connectivity index (χ3v) is 3.54. The van der Waals surface area contributed by atoms with Gasteiger partial charge in [0.15, 0.2) is 0 Å². The minimum absolute atomic E-state index is 0.636. The average molecular weight is 296 g/mol. The standard InChI is InChI=1S/C15H22ClN3O/c1-3-6-19(7-8-20-2)15-14(16)9-12(11-18-15)10-17-13-4-5-13/h3,9,11,13,17H,1,4-8,10H2,2H3. The lowest BCUT2D eigenvalue weighted by Crippen LogP contribution is -2.28. The maximum absolute atomic E-state index is 6.36. The molecule has 110 valence electrons. The lowest BCUT2D eigenvalue weighted by molar-refractivity contribution is 0.205. The summed E-state index contributed by atoms with van der Waals surface area (Å²) in [6, 6.07) is 2.68. The highest BCUT2D eigenvalue weighted by Crippen LogP contribution is 2.25. The van der Waals surface area contributed by atoms with Crippen LogP contribution in [0.25, 0.3) is 0 Å². The average Bonchev–Trinajstić information content (AvgIpc) is 3.26. The van der Waals surface area contributed by atoms with Gasteiger partial charge in [0.1, 0.15) is 5.82 Å². The molecule has 20 heavy (non-hydrogen) atoms. The molecule has 0 bridgehead atoms. The number of anilines is 1. The molecule has 2 rings (SSSR count). The second kappa shape index (κ2) is 7.62. The van der Waals surface area contributed by atoms with Crippen LogP contribution in [-0.4, -0.2) is 37.8 Å². The van der Waals surface area contributed by atoms with Gasteiger partial charge in [-0.1, -0.05) is 17.7 Å². The SMILES string of the molecule is C=CCN(CCOC)c1ncc(CNC2CC2)cc1Cl. The Labute approximate surface area is 125 Å². The Morgan fingerprint density at radius 1 is 1.60 bits per heavy atom. The first-order valence-electron chi connectivity index (χ1n) is 6.97. The largest absolute Gasteiger partial charge is 0.383 e. The van der Waals surface area contributed by atoms with Crippen LogP contribution in [0.15, 0.2) is 24.9 Å². The highest BCUT2D eigenvalue weighted by molar-refractivity contribution is 6.33. The van der Waals surface area contributed by atoms with Crippen molar-refractivity contribution in [2.45, 2.75) is 25.4 Å². The number of methoxy groups -OCH3 is 1. The monoisotopic (exact) mass is 295 g/mol. The zero-order valence-corrected chi connectivity index (χ0v) is 12.7. The molecule has 1 fully saturated rings. The molecule has 1 N–H and O–H groups in total. The molecule has 1 heterocycles. The fraction of sp³-hybridized carbons (Fsp3) is 0.533. The van der Waals surface area contributed by atoms with Gasteiger partial charge in [0.2, 0.25) is 0 Å². The summed E-state index contributed by atoms with van der Waals surface area (Å²) < 4.78 is 5.12. The van der Waals surface area contributed by atoms with Gasteiger partial charge < -0.3 is 15.0 Å². The molecule has 1 aliphatic carbocycles. The molecule has 0 aliphatic heterocycles. The van der Waals surface area contributed by atoms with Crippen LogP contribution < -0.4 is 10.2 Å². The van der Waals surface area contributed by atoms with Crippen molar-refractivity contribution in [3.05, 3.63) is 35.5 Å². The Morgan fingerprint density at radius 2 is 2.40 bits per heavy atom. The van der Waals surface area contributed by atoms with Crippen LogP contribution in [0.1, 0.15) is 18.4 Å². The first-order valence-corrected chi connectivity index (χ1v) is 7.35. The quantitative estimate of drug-likeness (QED) is 0.711. The molecule has 5 heteroatoms. The smallest absolute Gasteiger partial charge is 0.147 e. The number of aromatic nitrogens is 1. The van der Waals surface area contributed by atoms with Crippen LogP contribution in [-0.2, 0) is 11.3 Å². The minimum Gasteiger partial charge on any atom is -0.383 e. The summed E-state index contributed by atoms with van der Waals surface area (Å²) in [5.74, 6) is 0.791. The van der Waals surface area contributed by atoms with Crippen LogP contribution in [0.5, 0.6) is 0 Å². The third kappa shape index (κ3) is 4.47. The summed E-state index contributed by atoms with van der Waals surface area (Å²) in [5, 5.41) is 4.14. The summed E-state index contributed by atoms with van der Waals surface area (Å²) in [5.41, 5.74) is 1.12. The Hall–Kier alpha value is -1.10. The van der Waals surface area contributed by atoms with E-state index in [1.807, 2.05) is 18.3 Å². The van der Waals surface area contributed by atoms with Crippen molar-refractivity contribution in [1.29, 1.82) is 0 Å². The number of halogens is 1. The van der Waals surface area contributed by atoms with E-state index in [0.29, 0.717) is 24.2 Å². The Morgan fingerprint density at radius 3 is 3.00 bits per heavy atom. The second-order valence-corrected chi connectivity index (χ2v) is 5.44. The Bertz CT molecular complexity index is 449. The number of pyridine rings is 1. The normalized spacial score (nSPS) is 14.3. The molecular weight excluding hydrogens is 274 g/mol. The molecule has 1 aromatic heterocycles. The zero-order chi connectivity index (χ0) is 14.4. The summed E-state index contributed by atoms with van der Waals surface area (Å²) in [7, 11) is 1.69. The number of nitrogens with one attached hydrogen (secondary N) is 1. The van der Waals surface area contributed by atoms with E-state index in [1.165, 1.54) is 12.8 Å². The van der Waals surface area contributed by atoms with Crippen LogP contribution in [0.4, 0.5) is 5.82 Å². The predicted octanol–water partition coefficient (Wildman–Crippen LogP) is 2.63. The first-order chi connectivity index (χ1) is 9.74. The van der Waals surface area contributed by atoms with Crippen LogP contribution >= 0.6 is 11.6 Å². The molecule has 0 amide bonds. The van der Waals surface area contributed by atoms with E-state index in [4.69, 9.17) is 16.3 Å². The summed E-state index contributed by atoms with van der Waals surface area (Å²) in [6.45, 7) is 6.69. The Balaban J connectivity index is 2.02. The van der Waals surface area contributed by atoms with Crippen molar-refractivity contribution in [3.8, 4) is 0 Å². The molecular formula is C15H22ClN3O. The maximum Gasteiger partial charge on any atom is 0.147 e. The molecule has 0 radical (unpaired) electrons. The van der Waals surface area contributed by atoms with Gasteiger partial charge in [0, 0.05) is 39.0 Å². The summed E-state index contributed by atoms with van der Waals surface area (Å²) in [6.07, 6.45) is 6.29. The molecule has 0 unspecified atom stereocenters. The summed E-state index contributed by atoms with van der Waals surface area (Å²) >= 11 is 6.36. The lowest BCUT2D eigenvalue weighted by atomic mass is 10.2. The van der Waals surface area contributed by atoms with Crippen molar-refractivity contribution < 1.29 is 4.74 Å². The fourth-order valence-electron chi connectivity index (χ4n) is 1.99. The molecule has 0 aromatic carbocycles. The van der Waals surface area contributed by atoms with Crippen molar-refractivity contribution in [2.75, 3.05) is 31.7 Å². The van der Waals surface area contributed by atoms with E-state index in [0.717, 1.165) is 24.5 Å². The van der Waals surface area contributed by atoms with E-state index in [9.17, 15) is 0 Å². The molecule has 0 saturated heterocycles. The zero-order valence-electron chi connectivity index (χ0n) is 11.9. The van der Waals surface area contributed by atoms with Crippen molar-refractivity contribution in [1.82, 2.24) is 10.3 Å². The number of rotatable bonds is 9. The number of ether oxygens (including phenoxy) is 1. The van der Waals surface area contributed by atoms with Gasteiger partial charge in [-0.05, 0) is 24.5 Å². The van der Waals surface area contributed by atoms with E-state index in [1.54, 1.807) is 7.11 Å². The van der Waals surface area contributed by atoms with E-state index in [-0.39, 0.29) is 0 Å². The van der Waals surface area contributed by atoms with Crippen LogP contribution in [0.2, 0.25) is 5.02 Å². The molecule has 1 saturated carbocycles. The predicted molar refractivity (Wildman–Crippen MR) is 83.4 cm³/mol. The fourth-order valence-corrected chi connectivity index (χ4v) is 2.30. The minimum atomic E-state index is 0.636. The van der Waals surface area contributed by atoms with Gasteiger partial charge in [-0.25, -0.2) is 4.98 Å². The van der Waals surface area contributed by atoms with Crippen LogP contribution in [0, 0.1) is 0 Å². The number of hydrogen-bond acceptors (Lipinski definition) is 4. The van der Waals surface area contributed by atoms with Crippen molar-refractivity contribution >= 4 is 17.4 Å². The molecule has 1 aliphatic rings. The second-order valence-electron chi connectivity index (χ2n) is 5.03. The number of hydrogen-bond donors (Lipinski definition) is 1. The van der Waals surface area contributed by atoms with Gasteiger partial charge in [0.05, 0.1) is 11.6 Å². The highest BCUT2D eigenvalue weighted by atomic mass is 35.5. The third-order valence-electron chi connectivity index (χ3n) is 3.26. The van der Waals surface area contributed by atoms with Gasteiger partial charge in [-0.3, -0.25) is 0 Å². The van der Waals surface area contributed by atoms with Gasteiger partial charge in [0.25, 0.3) is 0 Å². The molecule has 4 nitrogen and oxygen atoms in total. The first kappa shape index (κ1) is 15.3. The highest BCUT2D eigenvalue weighted by Gasteiger charge is 2.20. The summed E-state index contributed by atoms with van der Waals surface area (Å²) in [4.78, 5) is 6.57. The van der Waals surface area contributed by atoms with Crippen LogP contribution in [0.3, 0.4) is 0 Å². The molecule has 1 aromatic rings. The van der Waals surface area contributed by atoms with E-state index < -0.39 is 0 Å². The number of nitrogens with zero attached hydrogens (tertiary/aromatic N) is 2. The van der Waals surface area contributed by atoms with Crippen molar-refractivity contribution in [2.24, 2.45) is 0 Å². The van der Waals surface area contributed by atoms with Crippen molar-refractivity contribution in [3.63, 3.8) is 0 Å². The van der Waals surface area contributed by atoms with Gasteiger partial charge in [-0.2, -0.15) is 0 Å². The van der Waals surface area contributed by atoms with E-state index >= 15 is 0 Å². The lowest BCUT2D eigenvalue weighted by Gasteiger charge is -2.23. The van der Waals surface area contributed by atoms with Gasteiger partial charge in [-0.15, -0.1) is 6.58 Å². The molecule has 0 spiro atoms. The maximum atomic E-state index is 6.36. The topological polar surface area (TPSA) is 37.4 Å². The molecule has 0 atom stereocenters. The van der Waals surface area contributed by atoms with Gasteiger partial charge >= 0.3 is 0 Å². The Kier molecular flexibility index (Phi) is 5.83.